The number of nitrogens with one attached hydrogen (secondary N) is 2. The van der Waals surface area contributed by atoms with Gasteiger partial charge >= 0.3 is 0 Å². The maximum Gasteiger partial charge on any atom is 0.270 e. The second kappa shape index (κ2) is 5.63. The number of non-ortho nitro benzene ring substituents is 1. The quantitative estimate of drug-likeness (QED) is 0.657. The highest BCUT2D eigenvalue weighted by Crippen LogP contribution is 2.26. The zero-order valence-electron chi connectivity index (χ0n) is 9.39. The maximum absolute atomic E-state index is 10.6. The number of hydrogen-bond acceptors (Lipinski definition) is 4. The molecule has 7 heteroatoms. The minimum atomic E-state index is -0.419. The molecule has 1 heterocycles. The first-order valence-electron chi connectivity index (χ1n) is 5.33. The fourth-order valence-corrected chi connectivity index (χ4v) is 2.02. The topological polar surface area (TPSA) is 83.8 Å². The van der Waals surface area contributed by atoms with E-state index in [9.17, 15) is 10.1 Å². The predicted molar refractivity (Wildman–Crippen MR) is 71.6 cm³/mol. The third kappa shape index (κ3) is 3.07. The Balaban J connectivity index is 1.95. The van der Waals surface area contributed by atoms with Crippen molar-refractivity contribution in [2.24, 2.45) is 0 Å². The van der Waals surface area contributed by atoms with Gasteiger partial charge in [-0.05, 0) is 22.0 Å². The Kier molecular flexibility index (Phi) is 3.93. The van der Waals surface area contributed by atoms with Gasteiger partial charge in [0.05, 0.1) is 4.92 Å². The molecule has 0 saturated carbocycles. The van der Waals surface area contributed by atoms with Crippen LogP contribution < -0.4 is 5.32 Å². The summed E-state index contributed by atoms with van der Waals surface area (Å²) in [5.41, 5.74) is 0.894. The number of nitrogens with zero attached hydrogens (tertiary/aromatic N) is 2. The first-order valence-corrected chi connectivity index (χ1v) is 6.12. The number of H-pyrrole nitrogens is 1. The molecule has 0 unspecified atom stereocenters. The summed E-state index contributed by atoms with van der Waals surface area (Å²) in [7, 11) is 0. The Bertz CT molecular complexity index is 542. The van der Waals surface area contributed by atoms with Crippen LogP contribution >= 0.6 is 15.9 Å². The molecule has 0 aliphatic carbocycles. The molecule has 2 rings (SSSR count). The van der Waals surface area contributed by atoms with E-state index in [0.717, 1.165) is 17.9 Å². The standard InChI is InChI=1S/C11H11BrN4O2/c12-9-7-8(16(17)18)1-2-10(9)13-4-3-11-14-5-6-15-11/h1-2,5-7,13H,3-4H2,(H,14,15). The second-order valence-electron chi connectivity index (χ2n) is 3.63. The van der Waals surface area contributed by atoms with Gasteiger partial charge in [0.25, 0.3) is 5.69 Å². The van der Waals surface area contributed by atoms with Crippen LogP contribution in [0, 0.1) is 10.1 Å². The highest BCUT2D eigenvalue weighted by atomic mass is 79.9. The summed E-state index contributed by atoms with van der Waals surface area (Å²) in [4.78, 5) is 17.3. The average molecular weight is 311 g/mol. The SMILES string of the molecule is O=[N+]([O-])c1ccc(NCCc2ncc[nH]2)c(Br)c1. The number of imidazole rings is 1. The fraction of sp³-hybridized carbons (Fsp3) is 0.182. The Hall–Kier alpha value is -1.89. The van der Waals surface area contributed by atoms with Gasteiger partial charge < -0.3 is 10.3 Å². The molecule has 0 radical (unpaired) electrons. The third-order valence-corrected chi connectivity index (χ3v) is 3.05. The zero-order chi connectivity index (χ0) is 13.0. The van der Waals surface area contributed by atoms with Crippen molar-refractivity contribution in [2.45, 2.75) is 6.42 Å². The first-order chi connectivity index (χ1) is 8.66. The van der Waals surface area contributed by atoms with E-state index in [2.05, 4.69) is 31.2 Å². The molecule has 0 bridgehead atoms. The lowest BCUT2D eigenvalue weighted by Crippen LogP contribution is -2.06. The van der Waals surface area contributed by atoms with E-state index in [4.69, 9.17) is 0 Å². The van der Waals surface area contributed by atoms with E-state index in [1.165, 1.54) is 12.1 Å². The molecule has 94 valence electrons. The molecule has 0 fully saturated rings. The number of aromatic nitrogens is 2. The van der Waals surface area contributed by atoms with Crippen LogP contribution in [0.4, 0.5) is 11.4 Å². The molecular weight excluding hydrogens is 300 g/mol. The van der Waals surface area contributed by atoms with Crippen LogP contribution in [0.2, 0.25) is 0 Å². The van der Waals surface area contributed by atoms with E-state index in [0.29, 0.717) is 11.0 Å². The summed E-state index contributed by atoms with van der Waals surface area (Å²) in [6, 6.07) is 4.64. The van der Waals surface area contributed by atoms with E-state index in [1.54, 1.807) is 18.5 Å². The van der Waals surface area contributed by atoms with Crippen LogP contribution in [0.5, 0.6) is 0 Å². The molecule has 6 nitrogen and oxygen atoms in total. The lowest BCUT2D eigenvalue weighted by molar-refractivity contribution is -0.384. The van der Waals surface area contributed by atoms with Gasteiger partial charge in [-0.25, -0.2) is 4.98 Å². The van der Waals surface area contributed by atoms with E-state index in [1.807, 2.05) is 0 Å². The summed E-state index contributed by atoms with van der Waals surface area (Å²) in [5, 5.41) is 13.8. The number of nitro benzene ring substituents is 1. The monoisotopic (exact) mass is 310 g/mol. The first kappa shape index (κ1) is 12.6. The molecule has 1 aromatic carbocycles. The normalized spacial score (nSPS) is 10.3. The number of rotatable bonds is 5. The number of halogens is 1. The molecule has 0 saturated heterocycles. The van der Waals surface area contributed by atoms with Crippen LogP contribution in [0.3, 0.4) is 0 Å². The zero-order valence-corrected chi connectivity index (χ0v) is 11.0. The van der Waals surface area contributed by atoms with Crippen LogP contribution in [0.1, 0.15) is 5.82 Å². The summed E-state index contributed by atoms with van der Waals surface area (Å²) >= 11 is 3.30. The minimum Gasteiger partial charge on any atom is -0.384 e. The fourth-order valence-electron chi connectivity index (χ4n) is 1.51. The highest BCUT2D eigenvalue weighted by Gasteiger charge is 2.08. The van der Waals surface area contributed by atoms with Gasteiger partial charge in [-0.1, -0.05) is 0 Å². The van der Waals surface area contributed by atoms with Crippen molar-refractivity contribution >= 4 is 27.3 Å². The Morgan fingerprint density at radius 1 is 1.50 bits per heavy atom. The lowest BCUT2D eigenvalue weighted by Gasteiger charge is -2.07. The molecule has 0 atom stereocenters. The summed E-state index contributed by atoms with van der Waals surface area (Å²) in [6.07, 6.45) is 4.24. The summed E-state index contributed by atoms with van der Waals surface area (Å²) in [6.45, 7) is 0.698. The summed E-state index contributed by atoms with van der Waals surface area (Å²) in [5.74, 6) is 0.903. The predicted octanol–water partition coefficient (Wildman–Crippen LogP) is 2.74. The molecule has 2 aromatic rings. The van der Waals surface area contributed by atoms with E-state index < -0.39 is 4.92 Å². The number of benzene rings is 1. The Labute approximate surface area is 112 Å². The van der Waals surface area contributed by atoms with Crippen LogP contribution in [-0.2, 0) is 6.42 Å². The molecule has 0 aliphatic rings. The van der Waals surface area contributed by atoms with Crippen molar-refractivity contribution < 1.29 is 4.92 Å². The van der Waals surface area contributed by atoms with Crippen molar-refractivity contribution in [3.63, 3.8) is 0 Å². The number of aromatic amines is 1. The minimum absolute atomic E-state index is 0.0680. The Morgan fingerprint density at radius 2 is 2.33 bits per heavy atom. The largest absolute Gasteiger partial charge is 0.384 e. The Morgan fingerprint density at radius 3 is 2.94 bits per heavy atom. The molecular formula is C11H11BrN4O2. The second-order valence-corrected chi connectivity index (χ2v) is 4.49. The van der Waals surface area contributed by atoms with Crippen molar-refractivity contribution in [1.82, 2.24) is 9.97 Å². The van der Waals surface area contributed by atoms with Gasteiger partial charge in [-0.15, -0.1) is 0 Å². The number of nitro groups is 1. The molecule has 18 heavy (non-hydrogen) atoms. The maximum atomic E-state index is 10.6. The number of anilines is 1. The van der Waals surface area contributed by atoms with Crippen molar-refractivity contribution in [2.75, 3.05) is 11.9 Å². The molecule has 0 spiro atoms. The summed E-state index contributed by atoms with van der Waals surface area (Å²) < 4.78 is 0.677. The van der Waals surface area contributed by atoms with Crippen LogP contribution in [0.25, 0.3) is 0 Å². The molecule has 2 N–H and O–H groups in total. The smallest absolute Gasteiger partial charge is 0.270 e. The van der Waals surface area contributed by atoms with Crippen molar-refractivity contribution in [3.05, 3.63) is 51.0 Å². The van der Waals surface area contributed by atoms with E-state index >= 15 is 0 Å². The number of hydrogen-bond donors (Lipinski definition) is 2. The van der Waals surface area contributed by atoms with Crippen LogP contribution in [0.15, 0.2) is 35.1 Å². The van der Waals surface area contributed by atoms with Gasteiger partial charge in [0, 0.05) is 47.7 Å². The van der Waals surface area contributed by atoms with Gasteiger partial charge in [0.2, 0.25) is 0 Å². The molecule has 0 aliphatic heterocycles. The average Bonchev–Trinajstić information content (AvgIpc) is 2.84. The van der Waals surface area contributed by atoms with Crippen LogP contribution in [-0.4, -0.2) is 21.4 Å². The van der Waals surface area contributed by atoms with E-state index in [-0.39, 0.29) is 5.69 Å². The van der Waals surface area contributed by atoms with Gasteiger partial charge in [0.1, 0.15) is 5.82 Å². The third-order valence-electron chi connectivity index (χ3n) is 2.40. The highest BCUT2D eigenvalue weighted by molar-refractivity contribution is 9.10. The lowest BCUT2D eigenvalue weighted by atomic mass is 10.3. The van der Waals surface area contributed by atoms with Gasteiger partial charge in [-0.3, -0.25) is 10.1 Å². The van der Waals surface area contributed by atoms with Crippen molar-refractivity contribution in [3.8, 4) is 0 Å². The van der Waals surface area contributed by atoms with Gasteiger partial charge in [0.15, 0.2) is 0 Å². The molecule has 0 amide bonds. The molecule has 1 aromatic heterocycles. The van der Waals surface area contributed by atoms with Crippen molar-refractivity contribution in [1.29, 1.82) is 0 Å². The van der Waals surface area contributed by atoms with Gasteiger partial charge in [-0.2, -0.15) is 0 Å².